The number of carboxylic acids is 1. The fourth-order valence-corrected chi connectivity index (χ4v) is 2.22. The third-order valence-corrected chi connectivity index (χ3v) is 3.50. The molecule has 6 heteroatoms. The number of nitrogens with one attached hydrogen (secondary N) is 1. The first-order valence-electron chi connectivity index (χ1n) is 7.75. The van der Waals surface area contributed by atoms with Gasteiger partial charge in [-0.15, -0.1) is 0 Å². The van der Waals surface area contributed by atoms with E-state index in [1.807, 2.05) is 37.3 Å². The maximum Gasteiger partial charge on any atom is 0.326 e. The number of carbonyl (C=O) groups excluding carboxylic acids is 2. The van der Waals surface area contributed by atoms with Crippen LogP contribution >= 0.6 is 0 Å². The lowest BCUT2D eigenvalue weighted by molar-refractivity contribution is -0.142. The lowest BCUT2D eigenvalue weighted by Crippen LogP contribution is -2.46. The van der Waals surface area contributed by atoms with Gasteiger partial charge in [0.05, 0.1) is 6.54 Å². The van der Waals surface area contributed by atoms with Gasteiger partial charge in [0.25, 0.3) is 0 Å². The smallest absolute Gasteiger partial charge is 0.326 e. The van der Waals surface area contributed by atoms with Gasteiger partial charge in [-0.1, -0.05) is 43.7 Å². The Hall–Kier alpha value is -2.37. The normalized spacial score (nSPS) is 11.6. The Balaban J connectivity index is 2.56. The van der Waals surface area contributed by atoms with Crippen LogP contribution in [-0.2, 0) is 20.8 Å². The second kappa shape index (κ2) is 9.61. The SMILES string of the molecule is CCCC(NC(=O)CN(CCc1ccccc1)C(C)=O)C(=O)O. The molecule has 1 aromatic rings. The predicted molar refractivity (Wildman–Crippen MR) is 86.9 cm³/mol. The maximum absolute atomic E-state index is 12.0. The van der Waals surface area contributed by atoms with E-state index in [-0.39, 0.29) is 12.5 Å². The average Bonchev–Trinajstić information content (AvgIpc) is 2.51. The molecule has 0 radical (unpaired) electrons. The zero-order valence-corrected chi connectivity index (χ0v) is 13.6. The third-order valence-electron chi connectivity index (χ3n) is 3.50. The Morgan fingerprint density at radius 2 is 1.87 bits per heavy atom. The van der Waals surface area contributed by atoms with E-state index in [0.29, 0.717) is 25.8 Å². The predicted octanol–water partition coefficient (Wildman–Crippen LogP) is 1.45. The van der Waals surface area contributed by atoms with Gasteiger partial charge >= 0.3 is 5.97 Å². The number of amides is 2. The van der Waals surface area contributed by atoms with E-state index in [2.05, 4.69) is 5.32 Å². The molecule has 1 rings (SSSR count). The summed E-state index contributed by atoms with van der Waals surface area (Å²) in [6.45, 7) is 3.54. The first-order chi connectivity index (χ1) is 10.9. The van der Waals surface area contributed by atoms with E-state index in [1.54, 1.807) is 0 Å². The van der Waals surface area contributed by atoms with Gasteiger partial charge in [0, 0.05) is 13.5 Å². The van der Waals surface area contributed by atoms with Crippen LogP contribution in [0.25, 0.3) is 0 Å². The Morgan fingerprint density at radius 1 is 1.22 bits per heavy atom. The highest BCUT2D eigenvalue weighted by atomic mass is 16.4. The van der Waals surface area contributed by atoms with E-state index >= 15 is 0 Å². The molecule has 0 aliphatic rings. The maximum atomic E-state index is 12.0. The summed E-state index contributed by atoms with van der Waals surface area (Å²) in [7, 11) is 0. The standard InChI is InChI=1S/C17H24N2O4/c1-3-7-15(17(22)23)18-16(21)12-19(13(2)20)11-10-14-8-5-4-6-9-14/h4-6,8-9,15H,3,7,10-12H2,1-2H3,(H,18,21)(H,22,23). The minimum absolute atomic E-state index is 0.129. The van der Waals surface area contributed by atoms with Crippen molar-refractivity contribution in [3.05, 3.63) is 35.9 Å². The van der Waals surface area contributed by atoms with Crippen LogP contribution in [0.1, 0.15) is 32.3 Å². The number of hydrogen-bond donors (Lipinski definition) is 2. The number of benzene rings is 1. The minimum atomic E-state index is -1.06. The first-order valence-corrected chi connectivity index (χ1v) is 7.75. The monoisotopic (exact) mass is 320 g/mol. The summed E-state index contributed by atoms with van der Waals surface area (Å²) >= 11 is 0. The quantitative estimate of drug-likeness (QED) is 0.721. The number of nitrogens with zero attached hydrogens (tertiary/aromatic N) is 1. The molecule has 2 amide bonds. The molecule has 1 unspecified atom stereocenters. The van der Waals surface area contributed by atoms with E-state index < -0.39 is 17.9 Å². The van der Waals surface area contributed by atoms with Gasteiger partial charge in [-0.25, -0.2) is 4.79 Å². The van der Waals surface area contributed by atoms with Crippen LogP contribution in [0.5, 0.6) is 0 Å². The molecule has 23 heavy (non-hydrogen) atoms. The fourth-order valence-electron chi connectivity index (χ4n) is 2.22. The molecule has 0 aliphatic carbocycles. The molecule has 0 saturated heterocycles. The number of hydrogen-bond acceptors (Lipinski definition) is 3. The molecular formula is C17H24N2O4. The highest BCUT2D eigenvalue weighted by Crippen LogP contribution is 2.03. The lowest BCUT2D eigenvalue weighted by atomic mass is 10.1. The molecule has 0 aliphatic heterocycles. The van der Waals surface area contributed by atoms with Crippen LogP contribution in [-0.4, -0.2) is 46.9 Å². The van der Waals surface area contributed by atoms with Gasteiger partial charge in [0.1, 0.15) is 6.04 Å². The molecule has 0 bridgehead atoms. The van der Waals surface area contributed by atoms with Crippen molar-refractivity contribution >= 4 is 17.8 Å². The van der Waals surface area contributed by atoms with Crippen LogP contribution < -0.4 is 5.32 Å². The largest absolute Gasteiger partial charge is 0.480 e. The Kier molecular flexibility index (Phi) is 7.80. The summed E-state index contributed by atoms with van der Waals surface area (Å²) < 4.78 is 0. The summed E-state index contributed by atoms with van der Waals surface area (Å²) in [5.74, 6) is -1.72. The van der Waals surface area contributed by atoms with Gasteiger partial charge < -0.3 is 15.3 Å². The Morgan fingerprint density at radius 3 is 2.39 bits per heavy atom. The van der Waals surface area contributed by atoms with Crippen LogP contribution in [0, 0.1) is 0 Å². The highest BCUT2D eigenvalue weighted by molar-refractivity contribution is 5.87. The Labute approximate surface area is 136 Å². The second-order valence-electron chi connectivity index (χ2n) is 5.42. The van der Waals surface area contributed by atoms with Gasteiger partial charge in [-0.2, -0.15) is 0 Å². The van der Waals surface area contributed by atoms with Crippen molar-refractivity contribution in [2.24, 2.45) is 0 Å². The zero-order chi connectivity index (χ0) is 17.2. The minimum Gasteiger partial charge on any atom is -0.480 e. The summed E-state index contributed by atoms with van der Waals surface area (Å²) in [5.41, 5.74) is 1.08. The first kappa shape index (κ1) is 18.7. The lowest BCUT2D eigenvalue weighted by Gasteiger charge is -2.22. The van der Waals surface area contributed by atoms with E-state index in [1.165, 1.54) is 11.8 Å². The summed E-state index contributed by atoms with van der Waals surface area (Å²) in [6, 6.07) is 8.76. The van der Waals surface area contributed by atoms with E-state index in [9.17, 15) is 14.4 Å². The molecule has 0 spiro atoms. The van der Waals surface area contributed by atoms with Crippen molar-refractivity contribution in [3.63, 3.8) is 0 Å². The molecule has 0 saturated carbocycles. The summed E-state index contributed by atoms with van der Waals surface area (Å²) in [5, 5.41) is 11.5. The number of carbonyl (C=O) groups is 3. The van der Waals surface area contributed by atoms with Crippen LogP contribution in [0.3, 0.4) is 0 Å². The van der Waals surface area contributed by atoms with Crippen molar-refractivity contribution in [2.75, 3.05) is 13.1 Å². The van der Waals surface area contributed by atoms with Gasteiger partial charge in [0.2, 0.25) is 11.8 Å². The van der Waals surface area contributed by atoms with Crippen LogP contribution in [0.2, 0.25) is 0 Å². The van der Waals surface area contributed by atoms with Crippen molar-refractivity contribution in [1.82, 2.24) is 10.2 Å². The van der Waals surface area contributed by atoms with Crippen LogP contribution in [0.4, 0.5) is 0 Å². The molecular weight excluding hydrogens is 296 g/mol. The molecule has 2 N–H and O–H groups in total. The summed E-state index contributed by atoms with van der Waals surface area (Å²) in [6.07, 6.45) is 1.66. The molecule has 0 aromatic heterocycles. The van der Waals surface area contributed by atoms with Crippen molar-refractivity contribution in [1.29, 1.82) is 0 Å². The van der Waals surface area contributed by atoms with Crippen molar-refractivity contribution in [2.45, 2.75) is 39.2 Å². The highest BCUT2D eigenvalue weighted by Gasteiger charge is 2.21. The van der Waals surface area contributed by atoms with Gasteiger partial charge in [0.15, 0.2) is 0 Å². The molecule has 6 nitrogen and oxygen atoms in total. The Bertz CT molecular complexity index is 531. The molecule has 0 fully saturated rings. The molecule has 1 atom stereocenters. The zero-order valence-electron chi connectivity index (χ0n) is 13.6. The van der Waals surface area contributed by atoms with Crippen LogP contribution in [0.15, 0.2) is 30.3 Å². The topological polar surface area (TPSA) is 86.7 Å². The number of aliphatic carboxylic acids is 1. The number of rotatable bonds is 9. The molecule has 126 valence electrons. The summed E-state index contributed by atoms with van der Waals surface area (Å²) in [4.78, 5) is 36.2. The molecule has 0 heterocycles. The van der Waals surface area contributed by atoms with E-state index in [4.69, 9.17) is 5.11 Å². The van der Waals surface area contributed by atoms with Crippen molar-refractivity contribution < 1.29 is 19.5 Å². The van der Waals surface area contributed by atoms with E-state index in [0.717, 1.165) is 5.56 Å². The fraction of sp³-hybridized carbons (Fsp3) is 0.471. The van der Waals surface area contributed by atoms with Crippen molar-refractivity contribution in [3.8, 4) is 0 Å². The van der Waals surface area contributed by atoms with Gasteiger partial charge in [-0.05, 0) is 18.4 Å². The molecule has 1 aromatic carbocycles. The average molecular weight is 320 g/mol. The number of carboxylic acid groups (broad SMARTS) is 1. The third kappa shape index (κ3) is 6.95. The van der Waals surface area contributed by atoms with Gasteiger partial charge in [-0.3, -0.25) is 9.59 Å². The second-order valence-corrected chi connectivity index (χ2v) is 5.42.